The van der Waals surface area contributed by atoms with E-state index in [0.29, 0.717) is 5.76 Å². The molecule has 0 saturated carbocycles. The first-order valence-electron chi connectivity index (χ1n) is 6.04. The summed E-state index contributed by atoms with van der Waals surface area (Å²) in [5, 5.41) is 0. The van der Waals surface area contributed by atoms with Crippen molar-refractivity contribution < 1.29 is 9.21 Å². The number of aryl methyl sites for hydroxylation is 2. The topological polar surface area (TPSA) is 30.2 Å². The van der Waals surface area contributed by atoms with Crippen LogP contribution in [0, 0.1) is 0 Å². The number of rotatable bonds is 2. The number of furan rings is 1. The maximum absolute atomic E-state index is 10.6. The predicted molar refractivity (Wildman–Crippen MR) is 66.2 cm³/mol. The van der Waals surface area contributed by atoms with Gasteiger partial charge in [0.25, 0.3) is 0 Å². The summed E-state index contributed by atoms with van der Waals surface area (Å²) in [6.07, 6.45) is 5.65. The van der Waals surface area contributed by atoms with E-state index in [1.165, 1.54) is 30.4 Å². The second kappa shape index (κ2) is 4.21. The number of carbonyl (C=O) groups is 1. The molecular weight excluding hydrogens is 212 g/mol. The molecule has 0 saturated heterocycles. The van der Waals surface area contributed by atoms with E-state index in [-0.39, 0.29) is 0 Å². The first-order chi connectivity index (χ1) is 8.36. The lowest BCUT2D eigenvalue weighted by Gasteiger charge is -2.15. The maximum Gasteiger partial charge on any atom is 0.185 e. The monoisotopic (exact) mass is 226 g/mol. The van der Waals surface area contributed by atoms with Crippen LogP contribution in [0.4, 0.5) is 0 Å². The van der Waals surface area contributed by atoms with Crippen LogP contribution in [0.1, 0.15) is 34.5 Å². The van der Waals surface area contributed by atoms with Crippen LogP contribution in [0.5, 0.6) is 0 Å². The smallest absolute Gasteiger partial charge is 0.185 e. The Bertz CT molecular complexity index is 552. The fourth-order valence-corrected chi connectivity index (χ4v) is 2.46. The molecule has 17 heavy (non-hydrogen) atoms. The van der Waals surface area contributed by atoms with E-state index in [0.717, 1.165) is 24.0 Å². The van der Waals surface area contributed by atoms with Crippen molar-refractivity contribution in [3.63, 3.8) is 0 Å². The molecule has 1 heterocycles. The van der Waals surface area contributed by atoms with Gasteiger partial charge in [0.2, 0.25) is 0 Å². The minimum absolute atomic E-state index is 0.387. The van der Waals surface area contributed by atoms with Gasteiger partial charge in [-0.05, 0) is 55.0 Å². The first-order valence-corrected chi connectivity index (χ1v) is 6.04. The molecule has 1 aliphatic rings. The molecule has 1 aliphatic carbocycles. The molecule has 0 radical (unpaired) electrons. The predicted octanol–water partition coefficient (Wildman–Crippen LogP) is 3.64. The molecular formula is C15H14O2. The van der Waals surface area contributed by atoms with Gasteiger partial charge >= 0.3 is 0 Å². The van der Waals surface area contributed by atoms with Crippen molar-refractivity contribution in [3.05, 3.63) is 47.2 Å². The lowest BCUT2D eigenvalue weighted by atomic mass is 9.90. The molecule has 0 N–H and O–H groups in total. The van der Waals surface area contributed by atoms with E-state index in [1.807, 2.05) is 6.07 Å². The van der Waals surface area contributed by atoms with Gasteiger partial charge in [0.15, 0.2) is 12.0 Å². The Morgan fingerprint density at radius 3 is 2.59 bits per heavy atom. The molecule has 0 bridgehead atoms. The Balaban J connectivity index is 2.00. The Hall–Kier alpha value is -1.83. The molecule has 2 aromatic rings. The minimum atomic E-state index is 0.387. The number of carbonyl (C=O) groups excluding carboxylic acids is 1. The molecule has 0 atom stereocenters. The zero-order valence-corrected chi connectivity index (χ0v) is 9.61. The Kier molecular flexibility index (Phi) is 2.56. The van der Waals surface area contributed by atoms with Crippen LogP contribution in [-0.2, 0) is 12.8 Å². The van der Waals surface area contributed by atoms with Gasteiger partial charge in [-0.1, -0.05) is 12.1 Å². The first kappa shape index (κ1) is 10.3. The van der Waals surface area contributed by atoms with Gasteiger partial charge < -0.3 is 4.42 Å². The van der Waals surface area contributed by atoms with E-state index in [1.54, 1.807) is 6.07 Å². The molecule has 2 heteroatoms. The number of hydrogen-bond acceptors (Lipinski definition) is 2. The van der Waals surface area contributed by atoms with Crippen molar-refractivity contribution in [2.45, 2.75) is 25.7 Å². The summed E-state index contributed by atoms with van der Waals surface area (Å²) in [6.45, 7) is 0. The van der Waals surface area contributed by atoms with E-state index < -0.39 is 0 Å². The standard InChI is InChI=1S/C15H14O2/c16-10-14-7-8-15(17-14)13-6-5-11-3-1-2-4-12(11)9-13/h5-10H,1-4H2. The van der Waals surface area contributed by atoms with Crippen molar-refractivity contribution in [3.8, 4) is 11.3 Å². The Morgan fingerprint density at radius 1 is 1.00 bits per heavy atom. The summed E-state index contributed by atoms with van der Waals surface area (Å²) in [4.78, 5) is 10.6. The molecule has 0 amide bonds. The van der Waals surface area contributed by atoms with Crippen molar-refractivity contribution in [1.82, 2.24) is 0 Å². The number of aldehydes is 1. The third-order valence-electron chi connectivity index (χ3n) is 3.38. The van der Waals surface area contributed by atoms with E-state index >= 15 is 0 Å². The highest BCUT2D eigenvalue weighted by molar-refractivity contribution is 5.73. The number of fused-ring (bicyclic) bond motifs is 1. The number of benzene rings is 1. The molecule has 1 aromatic carbocycles. The quantitative estimate of drug-likeness (QED) is 0.732. The molecule has 0 spiro atoms. The summed E-state index contributed by atoms with van der Waals surface area (Å²) >= 11 is 0. The molecule has 0 fully saturated rings. The largest absolute Gasteiger partial charge is 0.453 e. The van der Waals surface area contributed by atoms with Crippen molar-refractivity contribution in [2.75, 3.05) is 0 Å². The van der Waals surface area contributed by atoms with Crippen molar-refractivity contribution in [1.29, 1.82) is 0 Å². The van der Waals surface area contributed by atoms with Crippen LogP contribution in [0.3, 0.4) is 0 Å². The summed E-state index contributed by atoms with van der Waals surface area (Å²) in [7, 11) is 0. The van der Waals surface area contributed by atoms with E-state index in [4.69, 9.17) is 4.42 Å². The average molecular weight is 226 g/mol. The average Bonchev–Trinajstić information content (AvgIpc) is 2.87. The minimum Gasteiger partial charge on any atom is -0.453 e. The van der Waals surface area contributed by atoms with Gasteiger partial charge in [-0.2, -0.15) is 0 Å². The zero-order valence-electron chi connectivity index (χ0n) is 9.61. The van der Waals surface area contributed by atoms with Crippen LogP contribution in [0.2, 0.25) is 0 Å². The summed E-state index contributed by atoms with van der Waals surface area (Å²) in [6, 6.07) is 10.0. The van der Waals surface area contributed by atoms with Crippen LogP contribution >= 0.6 is 0 Å². The molecule has 2 nitrogen and oxygen atoms in total. The normalized spacial score (nSPS) is 14.4. The van der Waals surface area contributed by atoms with Gasteiger partial charge in [-0.15, -0.1) is 0 Å². The highest BCUT2D eigenvalue weighted by Gasteiger charge is 2.11. The molecule has 0 unspecified atom stereocenters. The van der Waals surface area contributed by atoms with Gasteiger partial charge in [0.05, 0.1) is 0 Å². The highest BCUT2D eigenvalue weighted by Crippen LogP contribution is 2.28. The van der Waals surface area contributed by atoms with Crippen molar-refractivity contribution >= 4 is 6.29 Å². The maximum atomic E-state index is 10.6. The second-order valence-corrected chi connectivity index (χ2v) is 4.51. The number of hydrogen-bond donors (Lipinski definition) is 0. The lowest BCUT2D eigenvalue weighted by molar-refractivity contribution is 0.110. The summed E-state index contributed by atoms with van der Waals surface area (Å²) < 4.78 is 5.44. The zero-order chi connectivity index (χ0) is 11.7. The SMILES string of the molecule is O=Cc1ccc(-c2ccc3c(c2)CCCC3)o1. The Morgan fingerprint density at radius 2 is 1.82 bits per heavy atom. The summed E-state index contributed by atoms with van der Waals surface area (Å²) in [5.74, 6) is 1.16. The third kappa shape index (κ3) is 1.91. The second-order valence-electron chi connectivity index (χ2n) is 4.51. The fraction of sp³-hybridized carbons (Fsp3) is 0.267. The van der Waals surface area contributed by atoms with Crippen LogP contribution in [0.15, 0.2) is 34.7 Å². The third-order valence-corrected chi connectivity index (χ3v) is 3.38. The van der Waals surface area contributed by atoms with Crippen LogP contribution in [-0.4, -0.2) is 6.29 Å². The van der Waals surface area contributed by atoms with Crippen molar-refractivity contribution in [2.24, 2.45) is 0 Å². The fourth-order valence-electron chi connectivity index (χ4n) is 2.46. The highest BCUT2D eigenvalue weighted by atomic mass is 16.3. The lowest BCUT2D eigenvalue weighted by Crippen LogP contribution is -2.02. The van der Waals surface area contributed by atoms with E-state index in [2.05, 4.69) is 18.2 Å². The molecule has 3 rings (SSSR count). The van der Waals surface area contributed by atoms with Crippen LogP contribution in [0.25, 0.3) is 11.3 Å². The molecule has 0 aliphatic heterocycles. The Labute approximate surface area is 100 Å². The van der Waals surface area contributed by atoms with Gasteiger partial charge in [-0.3, -0.25) is 4.79 Å². The van der Waals surface area contributed by atoms with E-state index in [9.17, 15) is 4.79 Å². The van der Waals surface area contributed by atoms with Crippen LogP contribution < -0.4 is 0 Å². The van der Waals surface area contributed by atoms with Gasteiger partial charge in [-0.25, -0.2) is 0 Å². The van der Waals surface area contributed by atoms with Gasteiger partial charge in [0.1, 0.15) is 5.76 Å². The van der Waals surface area contributed by atoms with Gasteiger partial charge in [0, 0.05) is 5.56 Å². The summed E-state index contributed by atoms with van der Waals surface area (Å²) in [5.41, 5.74) is 3.96. The molecule has 86 valence electrons. The molecule has 1 aromatic heterocycles.